The number of nitrogens with one attached hydrogen (secondary N) is 1. The fraction of sp³-hybridized carbons (Fsp3) is 0.462. The van der Waals surface area contributed by atoms with Crippen LogP contribution in [0.5, 0.6) is 5.75 Å². The summed E-state index contributed by atoms with van der Waals surface area (Å²) in [4.78, 5) is 4.22. The van der Waals surface area contributed by atoms with Crippen molar-refractivity contribution in [1.29, 1.82) is 0 Å². The predicted molar refractivity (Wildman–Crippen MR) is 69.5 cm³/mol. The molecule has 0 saturated carbocycles. The van der Waals surface area contributed by atoms with Gasteiger partial charge >= 0.3 is 0 Å². The summed E-state index contributed by atoms with van der Waals surface area (Å²) in [6, 6.07) is 3.75. The lowest BCUT2D eigenvalue weighted by Gasteiger charge is -2.11. The third kappa shape index (κ3) is 5.36. The number of anilines is 1. The highest BCUT2D eigenvalue weighted by atomic mass is 16.5. The third-order valence-electron chi connectivity index (χ3n) is 1.96. The summed E-state index contributed by atoms with van der Waals surface area (Å²) in [5.41, 5.74) is 1.03. The molecular weight excluding hydrogens is 216 g/mol. The minimum Gasteiger partial charge on any atom is -0.490 e. The molecule has 1 heterocycles. The maximum Gasteiger partial charge on any atom is 0.168 e. The minimum atomic E-state index is 0.599. The topological polar surface area (TPSA) is 43.4 Å². The fourth-order valence-corrected chi connectivity index (χ4v) is 1.28. The standard InChI is InChI=1S/C13H20N2O2/c1-4-17-12-6-5-7-14-13(12)15-8-9-16-10-11(2)3/h5-7H,2,4,8-10H2,1,3H3,(H,14,15). The zero-order valence-electron chi connectivity index (χ0n) is 10.5. The van der Waals surface area contributed by atoms with Crippen molar-refractivity contribution in [2.75, 3.05) is 31.7 Å². The van der Waals surface area contributed by atoms with Gasteiger partial charge in [-0.05, 0) is 26.0 Å². The van der Waals surface area contributed by atoms with E-state index >= 15 is 0 Å². The number of aromatic nitrogens is 1. The average Bonchev–Trinajstić information content (AvgIpc) is 2.31. The quantitative estimate of drug-likeness (QED) is 0.556. The lowest BCUT2D eigenvalue weighted by atomic mass is 10.4. The summed E-state index contributed by atoms with van der Waals surface area (Å²) in [5.74, 6) is 1.53. The highest BCUT2D eigenvalue weighted by Gasteiger charge is 2.02. The molecule has 0 saturated heterocycles. The molecule has 4 nitrogen and oxygen atoms in total. The van der Waals surface area contributed by atoms with Crippen molar-refractivity contribution in [3.63, 3.8) is 0 Å². The number of hydrogen-bond acceptors (Lipinski definition) is 4. The van der Waals surface area contributed by atoms with Crippen LogP contribution >= 0.6 is 0 Å². The Morgan fingerprint density at radius 1 is 1.53 bits per heavy atom. The zero-order valence-corrected chi connectivity index (χ0v) is 10.5. The first-order chi connectivity index (χ1) is 8.24. The van der Waals surface area contributed by atoms with Crippen LogP contribution < -0.4 is 10.1 Å². The van der Waals surface area contributed by atoms with Crippen molar-refractivity contribution in [2.45, 2.75) is 13.8 Å². The lowest BCUT2D eigenvalue weighted by molar-refractivity contribution is 0.167. The number of ether oxygens (including phenoxy) is 2. The Labute approximate surface area is 103 Å². The van der Waals surface area contributed by atoms with E-state index in [-0.39, 0.29) is 0 Å². The Morgan fingerprint density at radius 3 is 3.06 bits per heavy atom. The summed E-state index contributed by atoms with van der Waals surface area (Å²) in [6.45, 7) is 10.2. The van der Waals surface area contributed by atoms with Crippen LogP contribution in [0.4, 0.5) is 5.82 Å². The van der Waals surface area contributed by atoms with E-state index in [1.165, 1.54) is 0 Å². The molecule has 0 aliphatic carbocycles. The Morgan fingerprint density at radius 2 is 2.35 bits per heavy atom. The van der Waals surface area contributed by atoms with Crippen LogP contribution in [-0.2, 0) is 4.74 Å². The Kier molecular flexibility index (Phi) is 6.10. The van der Waals surface area contributed by atoms with Gasteiger partial charge in [0, 0.05) is 12.7 Å². The first-order valence-electron chi connectivity index (χ1n) is 5.78. The molecule has 4 heteroatoms. The van der Waals surface area contributed by atoms with Gasteiger partial charge in [0.1, 0.15) is 0 Å². The number of hydrogen-bond donors (Lipinski definition) is 1. The highest BCUT2D eigenvalue weighted by molar-refractivity contribution is 5.49. The van der Waals surface area contributed by atoms with Gasteiger partial charge in [0.25, 0.3) is 0 Å². The lowest BCUT2D eigenvalue weighted by Crippen LogP contribution is -2.12. The molecule has 1 rings (SSSR count). The molecule has 17 heavy (non-hydrogen) atoms. The van der Waals surface area contributed by atoms with E-state index in [1.807, 2.05) is 26.0 Å². The molecule has 0 unspecified atom stereocenters. The van der Waals surface area contributed by atoms with E-state index in [1.54, 1.807) is 6.20 Å². The predicted octanol–water partition coefficient (Wildman–Crippen LogP) is 2.48. The molecule has 0 radical (unpaired) electrons. The molecule has 1 aromatic rings. The molecule has 0 spiro atoms. The van der Waals surface area contributed by atoms with Gasteiger partial charge in [0.15, 0.2) is 11.6 Å². The molecule has 94 valence electrons. The second-order valence-electron chi connectivity index (χ2n) is 3.72. The Bertz CT molecular complexity index is 353. The molecule has 0 aliphatic heterocycles. The maximum absolute atomic E-state index is 5.45. The van der Waals surface area contributed by atoms with Gasteiger partial charge in [0.2, 0.25) is 0 Å². The SMILES string of the molecule is C=C(C)COCCNc1ncccc1OCC. The van der Waals surface area contributed by atoms with Gasteiger partial charge in [-0.25, -0.2) is 4.98 Å². The summed E-state index contributed by atoms with van der Waals surface area (Å²) >= 11 is 0. The van der Waals surface area contributed by atoms with Crippen molar-refractivity contribution < 1.29 is 9.47 Å². The van der Waals surface area contributed by atoms with Crippen LogP contribution in [0.2, 0.25) is 0 Å². The largest absolute Gasteiger partial charge is 0.490 e. The second kappa shape index (κ2) is 7.68. The van der Waals surface area contributed by atoms with Crippen LogP contribution in [-0.4, -0.2) is 31.3 Å². The summed E-state index contributed by atoms with van der Waals surface area (Å²) in [6.07, 6.45) is 1.74. The minimum absolute atomic E-state index is 0.599. The molecule has 0 fully saturated rings. The van der Waals surface area contributed by atoms with Gasteiger partial charge in [-0.3, -0.25) is 0 Å². The molecule has 0 aliphatic rings. The van der Waals surface area contributed by atoms with Crippen molar-refractivity contribution in [2.24, 2.45) is 0 Å². The molecular formula is C13H20N2O2. The molecule has 0 amide bonds. The van der Waals surface area contributed by atoms with Crippen LogP contribution in [0.15, 0.2) is 30.5 Å². The van der Waals surface area contributed by atoms with Crippen molar-refractivity contribution >= 4 is 5.82 Å². The van der Waals surface area contributed by atoms with Gasteiger partial charge in [-0.1, -0.05) is 12.2 Å². The van der Waals surface area contributed by atoms with E-state index in [0.717, 1.165) is 17.1 Å². The number of rotatable bonds is 8. The smallest absolute Gasteiger partial charge is 0.168 e. The molecule has 0 bridgehead atoms. The van der Waals surface area contributed by atoms with Gasteiger partial charge in [-0.2, -0.15) is 0 Å². The van der Waals surface area contributed by atoms with Crippen LogP contribution in [0.3, 0.4) is 0 Å². The normalized spacial score (nSPS) is 10.0. The Hall–Kier alpha value is -1.55. The average molecular weight is 236 g/mol. The van der Waals surface area contributed by atoms with Crippen molar-refractivity contribution in [1.82, 2.24) is 4.98 Å². The highest BCUT2D eigenvalue weighted by Crippen LogP contribution is 2.20. The molecule has 1 aromatic heterocycles. The van der Waals surface area contributed by atoms with E-state index in [9.17, 15) is 0 Å². The van der Waals surface area contributed by atoms with Crippen LogP contribution in [0.25, 0.3) is 0 Å². The van der Waals surface area contributed by atoms with Gasteiger partial charge in [-0.15, -0.1) is 0 Å². The molecule has 0 atom stereocenters. The van der Waals surface area contributed by atoms with E-state index < -0.39 is 0 Å². The first kappa shape index (κ1) is 13.5. The summed E-state index contributed by atoms with van der Waals surface area (Å²) in [7, 11) is 0. The number of pyridine rings is 1. The monoisotopic (exact) mass is 236 g/mol. The van der Waals surface area contributed by atoms with Gasteiger partial charge in [0.05, 0.1) is 19.8 Å². The van der Waals surface area contributed by atoms with E-state index in [4.69, 9.17) is 9.47 Å². The summed E-state index contributed by atoms with van der Waals surface area (Å²) < 4.78 is 10.8. The fourth-order valence-electron chi connectivity index (χ4n) is 1.28. The first-order valence-corrected chi connectivity index (χ1v) is 5.78. The van der Waals surface area contributed by atoms with Crippen LogP contribution in [0.1, 0.15) is 13.8 Å². The van der Waals surface area contributed by atoms with Gasteiger partial charge < -0.3 is 14.8 Å². The van der Waals surface area contributed by atoms with E-state index in [0.29, 0.717) is 26.4 Å². The van der Waals surface area contributed by atoms with Crippen molar-refractivity contribution in [3.05, 3.63) is 30.5 Å². The van der Waals surface area contributed by atoms with Crippen LogP contribution in [0, 0.1) is 0 Å². The summed E-state index contributed by atoms with van der Waals surface area (Å²) in [5, 5.41) is 3.18. The third-order valence-corrected chi connectivity index (χ3v) is 1.96. The molecule has 1 N–H and O–H groups in total. The maximum atomic E-state index is 5.45. The van der Waals surface area contributed by atoms with Crippen molar-refractivity contribution in [3.8, 4) is 5.75 Å². The number of nitrogens with zero attached hydrogens (tertiary/aromatic N) is 1. The molecule has 0 aromatic carbocycles. The second-order valence-corrected chi connectivity index (χ2v) is 3.72. The van der Waals surface area contributed by atoms with E-state index in [2.05, 4.69) is 16.9 Å². The zero-order chi connectivity index (χ0) is 12.5. The Balaban J connectivity index is 2.33.